The van der Waals surface area contributed by atoms with Crippen molar-refractivity contribution in [1.82, 2.24) is 9.78 Å². The predicted octanol–water partition coefficient (Wildman–Crippen LogP) is 2.07. The van der Waals surface area contributed by atoms with E-state index in [-0.39, 0.29) is 11.7 Å². The number of aliphatic hydroxyl groups excluding tert-OH is 1. The van der Waals surface area contributed by atoms with E-state index in [1.165, 1.54) is 18.9 Å². The summed E-state index contributed by atoms with van der Waals surface area (Å²) in [5.41, 5.74) is 1.02. The summed E-state index contributed by atoms with van der Waals surface area (Å²) in [6, 6.07) is 9.32. The maximum atomic E-state index is 14.2. The van der Waals surface area contributed by atoms with Gasteiger partial charge in [0.2, 0.25) is 5.79 Å². The van der Waals surface area contributed by atoms with Crippen LogP contribution >= 0.6 is 0 Å². The molecule has 0 saturated heterocycles. The van der Waals surface area contributed by atoms with Gasteiger partial charge in [0, 0.05) is 14.2 Å². The molecular weight excluding hydrogens is 275 g/mol. The van der Waals surface area contributed by atoms with Gasteiger partial charge in [0.05, 0.1) is 12.2 Å². The number of halogens is 1. The molecule has 2 aromatic rings. The normalized spacial score (nSPS) is 13.4. The number of rotatable bonds is 6. The molecule has 0 radical (unpaired) electrons. The van der Waals surface area contributed by atoms with Crippen LogP contribution in [0.4, 0.5) is 4.39 Å². The van der Waals surface area contributed by atoms with Crippen LogP contribution in [0.5, 0.6) is 0 Å². The fraction of sp³-hybridized carbons (Fsp3) is 0.400. The first kappa shape index (κ1) is 15.6. The Morgan fingerprint density at radius 3 is 2.43 bits per heavy atom. The SMILES string of the molecule is COC(CO)(OC)c1c(F)cnn1C(C)c1ccccc1. The van der Waals surface area contributed by atoms with Crippen LogP contribution in [0.15, 0.2) is 36.5 Å². The second kappa shape index (κ2) is 6.34. The molecule has 1 atom stereocenters. The number of benzene rings is 1. The molecule has 0 fully saturated rings. The Labute approximate surface area is 122 Å². The van der Waals surface area contributed by atoms with Crippen LogP contribution in [0, 0.1) is 5.82 Å². The lowest BCUT2D eigenvalue weighted by Crippen LogP contribution is -2.39. The van der Waals surface area contributed by atoms with Gasteiger partial charge in [0.1, 0.15) is 12.3 Å². The van der Waals surface area contributed by atoms with Crippen LogP contribution in [0.3, 0.4) is 0 Å². The van der Waals surface area contributed by atoms with Crippen molar-refractivity contribution in [3.05, 3.63) is 53.6 Å². The third-order valence-corrected chi connectivity index (χ3v) is 3.63. The number of nitrogens with zero attached hydrogens (tertiary/aromatic N) is 2. The quantitative estimate of drug-likeness (QED) is 0.829. The van der Waals surface area contributed by atoms with Crippen LogP contribution in [0.2, 0.25) is 0 Å². The summed E-state index contributed by atoms with van der Waals surface area (Å²) in [5.74, 6) is -2.17. The minimum Gasteiger partial charge on any atom is -0.390 e. The summed E-state index contributed by atoms with van der Waals surface area (Å²) in [5, 5.41) is 13.7. The second-order valence-corrected chi connectivity index (χ2v) is 4.69. The molecule has 0 aliphatic heterocycles. The summed E-state index contributed by atoms with van der Waals surface area (Å²) in [6.45, 7) is 1.36. The van der Waals surface area contributed by atoms with E-state index in [1.54, 1.807) is 0 Å². The number of hydrogen-bond acceptors (Lipinski definition) is 4. The minimum atomic E-state index is -1.58. The van der Waals surface area contributed by atoms with E-state index in [9.17, 15) is 9.50 Å². The van der Waals surface area contributed by atoms with E-state index >= 15 is 0 Å². The van der Waals surface area contributed by atoms with E-state index < -0.39 is 18.2 Å². The summed E-state index contributed by atoms with van der Waals surface area (Å²) < 4.78 is 26.1. The van der Waals surface area contributed by atoms with Gasteiger partial charge in [-0.2, -0.15) is 5.10 Å². The number of aromatic nitrogens is 2. The maximum Gasteiger partial charge on any atom is 0.238 e. The van der Waals surface area contributed by atoms with Crippen LogP contribution < -0.4 is 0 Å². The molecule has 1 aromatic carbocycles. The topological polar surface area (TPSA) is 56.5 Å². The predicted molar refractivity (Wildman–Crippen MR) is 75.2 cm³/mol. The largest absolute Gasteiger partial charge is 0.390 e. The van der Waals surface area contributed by atoms with Gasteiger partial charge in [-0.25, -0.2) is 4.39 Å². The highest BCUT2D eigenvalue weighted by atomic mass is 19.1. The summed E-state index contributed by atoms with van der Waals surface area (Å²) in [6.07, 6.45) is 1.09. The second-order valence-electron chi connectivity index (χ2n) is 4.69. The molecule has 1 heterocycles. The van der Waals surface area contributed by atoms with E-state index in [0.29, 0.717) is 0 Å². The van der Waals surface area contributed by atoms with Gasteiger partial charge in [0.25, 0.3) is 0 Å². The monoisotopic (exact) mass is 294 g/mol. The van der Waals surface area contributed by atoms with Gasteiger partial charge in [-0.05, 0) is 12.5 Å². The van der Waals surface area contributed by atoms with Crippen molar-refractivity contribution >= 4 is 0 Å². The lowest BCUT2D eigenvalue weighted by molar-refractivity contribution is -0.242. The van der Waals surface area contributed by atoms with Crippen molar-refractivity contribution in [2.24, 2.45) is 0 Å². The summed E-state index contributed by atoms with van der Waals surface area (Å²) in [7, 11) is 2.70. The van der Waals surface area contributed by atoms with Crippen molar-refractivity contribution in [2.45, 2.75) is 18.8 Å². The first-order valence-electron chi connectivity index (χ1n) is 6.59. The molecule has 6 heteroatoms. The van der Waals surface area contributed by atoms with Crippen molar-refractivity contribution in [1.29, 1.82) is 0 Å². The zero-order valence-electron chi connectivity index (χ0n) is 12.3. The third-order valence-electron chi connectivity index (χ3n) is 3.63. The Bertz CT molecular complexity index is 574. The Kier molecular flexibility index (Phi) is 4.72. The molecule has 0 saturated carbocycles. The number of ether oxygens (including phenoxy) is 2. The average molecular weight is 294 g/mol. The van der Waals surface area contributed by atoms with Crippen molar-refractivity contribution in [3.63, 3.8) is 0 Å². The Morgan fingerprint density at radius 1 is 1.29 bits per heavy atom. The Balaban J connectivity index is 2.52. The smallest absolute Gasteiger partial charge is 0.238 e. The Morgan fingerprint density at radius 2 is 1.90 bits per heavy atom. The van der Waals surface area contributed by atoms with Gasteiger partial charge in [0.15, 0.2) is 5.82 Å². The zero-order valence-corrected chi connectivity index (χ0v) is 12.3. The molecule has 21 heavy (non-hydrogen) atoms. The molecule has 0 amide bonds. The molecule has 0 aliphatic rings. The van der Waals surface area contributed by atoms with Gasteiger partial charge >= 0.3 is 0 Å². The molecule has 1 N–H and O–H groups in total. The van der Waals surface area contributed by atoms with E-state index in [2.05, 4.69) is 5.10 Å². The van der Waals surface area contributed by atoms with Crippen LogP contribution in [0.25, 0.3) is 0 Å². The molecule has 2 rings (SSSR count). The molecule has 0 bridgehead atoms. The van der Waals surface area contributed by atoms with E-state index in [1.807, 2.05) is 37.3 Å². The lowest BCUT2D eigenvalue weighted by Gasteiger charge is -2.30. The molecule has 0 aliphatic carbocycles. The van der Waals surface area contributed by atoms with Gasteiger partial charge in [-0.1, -0.05) is 30.3 Å². The zero-order chi connectivity index (χ0) is 15.5. The van der Waals surface area contributed by atoms with Gasteiger partial charge in [-0.15, -0.1) is 0 Å². The molecule has 0 spiro atoms. The third kappa shape index (κ3) is 2.70. The fourth-order valence-electron chi connectivity index (χ4n) is 2.34. The molecule has 114 valence electrons. The molecule has 5 nitrogen and oxygen atoms in total. The van der Waals surface area contributed by atoms with Crippen LogP contribution in [0.1, 0.15) is 24.2 Å². The summed E-state index contributed by atoms with van der Waals surface area (Å²) >= 11 is 0. The van der Waals surface area contributed by atoms with Gasteiger partial charge < -0.3 is 14.6 Å². The highest BCUT2D eigenvalue weighted by Crippen LogP contribution is 2.31. The first-order chi connectivity index (χ1) is 10.1. The number of methoxy groups -OCH3 is 2. The fourth-order valence-corrected chi connectivity index (χ4v) is 2.34. The number of hydrogen-bond donors (Lipinski definition) is 1. The van der Waals surface area contributed by atoms with E-state index in [0.717, 1.165) is 11.8 Å². The Hall–Kier alpha value is -1.76. The van der Waals surface area contributed by atoms with Crippen molar-refractivity contribution in [3.8, 4) is 0 Å². The van der Waals surface area contributed by atoms with Crippen molar-refractivity contribution < 1.29 is 19.0 Å². The van der Waals surface area contributed by atoms with E-state index in [4.69, 9.17) is 9.47 Å². The molecule has 1 unspecified atom stereocenters. The standard InChI is InChI=1S/C15H19FN2O3/c1-11(12-7-5-4-6-8-12)18-14(13(16)9-17-18)15(10-19,20-2)21-3/h4-9,11,19H,10H2,1-3H3. The van der Waals surface area contributed by atoms with Crippen molar-refractivity contribution in [2.75, 3.05) is 20.8 Å². The number of aliphatic hydroxyl groups is 1. The summed E-state index contributed by atoms with van der Waals surface area (Å²) in [4.78, 5) is 0. The van der Waals surface area contributed by atoms with Crippen LogP contribution in [-0.2, 0) is 15.3 Å². The molecule has 1 aromatic heterocycles. The average Bonchev–Trinajstić information content (AvgIpc) is 2.92. The lowest BCUT2D eigenvalue weighted by atomic mass is 10.1. The highest BCUT2D eigenvalue weighted by Gasteiger charge is 2.39. The maximum absolute atomic E-state index is 14.2. The minimum absolute atomic E-state index is 0.0614. The first-order valence-corrected chi connectivity index (χ1v) is 6.59. The molecular formula is C15H19FN2O3. The van der Waals surface area contributed by atoms with Crippen LogP contribution in [-0.4, -0.2) is 35.7 Å². The highest BCUT2D eigenvalue weighted by molar-refractivity contribution is 5.22. The van der Waals surface area contributed by atoms with Gasteiger partial charge in [-0.3, -0.25) is 4.68 Å².